The molecule has 0 saturated carbocycles. The molecule has 304 valence electrons. The van der Waals surface area contributed by atoms with Crippen LogP contribution in [0.2, 0.25) is 0 Å². The summed E-state index contributed by atoms with van der Waals surface area (Å²) < 4.78 is 55.0. The molecule has 3 amide bonds. The summed E-state index contributed by atoms with van der Waals surface area (Å²) >= 11 is 0. The summed E-state index contributed by atoms with van der Waals surface area (Å²) in [5.74, 6) is -0.588. The molecular weight excluding hydrogens is 716 g/mol. The maximum absolute atomic E-state index is 12.6. The Morgan fingerprint density at radius 2 is 0.873 bits per heavy atom. The second-order valence-corrected chi connectivity index (χ2v) is 12.4. The van der Waals surface area contributed by atoms with Crippen molar-refractivity contribution in [3.8, 4) is 11.1 Å². The molecule has 1 aliphatic heterocycles. The predicted molar refractivity (Wildman–Crippen MR) is 201 cm³/mol. The molecule has 0 saturated heterocycles. The highest BCUT2D eigenvalue weighted by molar-refractivity contribution is 6.12. The fourth-order valence-electron chi connectivity index (χ4n) is 5.67. The first-order valence-corrected chi connectivity index (χ1v) is 18.9. The number of benzene rings is 2. The number of imide groups is 1. The van der Waals surface area contributed by atoms with E-state index in [-0.39, 0.29) is 37.0 Å². The van der Waals surface area contributed by atoms with Crippen LogP contribution < -0.4 is 0 Å². The third-order valence-corrected chi connectivity index (χ3v) is 8.55. The number of nitrogens with zero attached hydrogens (tertiary/aromatic N) is 2. The molecule has 55 heavy (non-hydrogen) atoms. The SMILES string of the molecule is CN(CCOCCOCCOCCOCCOCCOCCOCCOCCOCCN1C(=O)C=CC1=O)C(=O)OCC1c2ccccc2-c2ccccc21. The van der Waals surface area contributed by atoms with E-state index in [1.165, 1.54) is 39.3 Å². The van der Waals surface area contributed by atoms with E-state index in [0.717, 1.165) is 4.90 Å². The lowest BCUT2D eigenvalue weighted by Gasteiger charge is -2.19. The number of likely N-dealkylation sites (N-methyl/N-ethyl adjacent to an activating group) is 1. The van der Waals surface area contributed by atoms with Crippen LogP contribution in [0.5, 0.6) is 0 Å². The van der Waals surface area contributed by atoms with Crippen molar-refractivity contribution in [2.45, 2.75) is 5.92 Å². The van der Waals surface area contributed by atoms with Gasteiger partial charge in [-0.05, 0) is 22.3 Å². The zero-order valence-corrected chi connectivity index (χ0v) is 31.9. The van der Waals surface area contributed by atoms with Gasteiger partial charge in [0.1, 0.15) is 6.61 Å². The van der Waals surface area contributed by atoms with Crippen molar-refractivity contribution in [1.82, 2.24) is 9.80 Å². The molecule has 2 aromatic carbocycles. The maximum Gasteiger partial charge on any atom is 0.409 e. The Balaban J connectivity index is 0.813. The number of carbonyl (C=O) groups excluding carboxylic acids is 3. The molecule has 0 fully saturated rings. The second-order valence-electron chi connectivity index (χ2n) is 12.4. The van der Waals surface area contributed by atoms with Crippen molar-refractivity contribution in [2.75, 3.05) is 146 Å². The summed E-state index contributed by atoms with van der Waals surface area (Å²) in [6.45, 7) is 8.75. The zero-order chi connectivity index (χ0) is 38.8. The molecule has 0 unspecified atom stereocenters. The van der Waals surface area contributed by atoms with Gasteiger partial charge in [-0.2, -0.15) is 0 Å². The number of amides is 3. The molecule has 0 spiro atoms. The quantitative estimate of drug-likeness (QED) is 0.0794. The Labute approximate surface area is 323 Å². The molecule has 1 aliphatic carbocycles. The van der Waals surface area contributed by atoms with Crippen molar-refractivity contribution in [2.24, 2.45) is 0 Å². The zero-order valence-electron chi connectivity index (χ0n) is 31.9. The number of rotatable bonds is 32. The Bertz CT molecular complexity index is 1380. The van der Waals surface area contributed by atoms with Gasteiger partial charge in [0.25, 0.3) is 11.8 Å². The third-order valence-electron chi connectivity index (χ3n) is 8.55. The molecule has 0 N–H and O–H groups in total. The van der Waals surface area contributed by atoms with Crippen LogP contribution in [-0.4, -0.2) is 173 Å². The summed E-state index contributed by atoms with van der Waals surface area (Å²) in [4.78, 5) is 38.1. The number of hydrogen-bond donors (Lipinski definition) is 0. The summed E-state index contributed by atoms with van der Waals surface area (Å²) in [6.07, 6.45) is 2.14. The van der Waals surface area contributed by atoms with Gasteiger partial charge in [-0.25, -0.2) is 4.79 Å². The lowest BCUT2D eigenvalue weighted by molar-refractivity contribution is -0.137. The van der Waals surface area contributed by atoms with E-state index >= 15 is 0 Å². The molecule has 4 rings (SSSR count). The van der Waals surface area contributed by atoms with Gasteiger partial charge < -0.3 is 52.3 Å². The standard InChI is InChI=1S/C40H56N2O13/c1-41(40(45)55-32-37-35-8-4-2-6-33(35)34-7-3-5-9-36(34)37)12-14-46-16-18-48-20-22-50-24-26-52-28-30-54-31-29-53-27-25-51-23-21-49-19-17-47-15-13-42-38(43)10-11-39(42)44/h2-11,37H,12-32H2,1H3. The first-order chi connectivity index (χ1) is 27.1. The van der Waals surface area contributed by atoms with Gasteiger partial charge in [0.05, 0.1) is 125 Å². The summed E-state index contributed by atoms with van der Waals surface area (Å²) in [5, 5.41) is 0. The Morgan fingerprint density at radius 1 is 0.527 bits per heavy atom. The van der Waals surface area contributed by atoms with Crippen LogP contribution in [0, 0.1) is 0 Å². The van der Waals surface area contributed by atoms with Gasteiger partial charge >= 0.3 is 6.09 Å². The normalized spacial score (nSPS) is 13.5. The first kappa shape index (κ1) is 44.0. The van der Waals surface area contributed by atoms with Crippen LogP contribution >= 0.6 is 0 Å². The van der Waals surface area contributed by atoms with Crippen LogP contribution in [0.4, 0.5) is 4.79 Å². The molecule has 0 aromatic heterocycles. The monoisotopic (exact) mass is 772 g/mol. The van der Waals surface area contributed by atoms with Crippen molar-refractivity contribution >= 4 is 17.9 Å². The van der Waals surface area contributed by atoms with Gasteiger partial charge in [0.2, 0.25) is 0 Å². The van der Waals surface area contributed by atoms with E-state index < -0.39 is 0 Å². The fourth-order valence-corrected chi connectivity index (χ4v) is 5.67. The molecule has 15 heteroatoms. The molecule has 0 atom stereocenters. The van der Waals surface area contributed by atoms with Crippen molar-refractivity contribution in [3.63, 3.8) is 0 Å². The van der Waals surface area contributed by atoms with E-state index in [0.29, 0.717) is 125 Å². The minimum absolute atomic E-state index is 0.0327. The van der Waals surface area contributed by atoms with Crippen molar-refractivity contribution in [1.29, 1.82) is 0 Å². The largest absolute Gasteiger partial charge is 0.448 e. The lowest BCUT2D eigenvalue weighted by atomic mass is 9.98. The van der Waals surface area contributed by atoms with E-state index in [1.807, 2.05) is 24.3 Å². The van der Waals surface area contributed by atoms with Gasteiger partial charge in [-0.3, -0.25) is 14.5 Å². The Morgan fingerprint density at radius 3 is 1.27 bits per heavy atom. The molecule has 2 aromatic rings. The van der Waals surface area contributed by atoms with Gasteiger partial charge in [-0.15, -0.1) is 0 Å². The fraction of sp³-hybridized carbons (Fsp3) is 0.575. The predicted octanol–water partition coefficient (Wildman–Crippen LogP) is 2.94. The minimum Gasteiger partial charge on any atom is -0.448 e. The molecule has 0 radical (unpaired) electrons. The van der Waals surface area contributed by atoms with Gasteiger partial charge in [0.15, 0.2) is 0 Å². The summed E-state index contributed by atoms with van der Waals surface area (Å²) in [6, 6.07) is 16.5. The van der Waals surface area contributed by atoms with Crippen LogP contribution in [-0.2, 0) is 57.0 Å². The lowest BCUT2D eigenvalue weighted by Crippen LogP contribution is -2.33. The molecule has 2 aliphatic rings. The molecule has 15 nitrogen and oxygen atoms in total. The highest BCUT2D eigenvalue weighted by atomic mass is 16.6. The number of carbonyl (C=O) groups is 3. The average molecular weight is 773 g/mol. The van der Waals surface area contributed by atoms with Gasteiger partial charge in [0, 0.05) is 31.7 Å². The molecule has 1 heterocycles. The van der Waals surface area contributed by atoms with Crippen LogP contribution in [0.1, 0.15) is 17.0 Å². The summed E-state index contributed by atoms with van der Waals surface area (Å²) in [5.41, 5.74) is 4.78. The molecular formula is C40H56N2O13. The van der Waals surface area contributed by atoms with Crippen molar-refractivity contribution in [3.05, 3.63) is 71.8 Å². The minimum atomic E-state index is -0.371. The van der Waals surface area contributed by atoms with Gasteiger partial charge in [-0.1, -0.05) is 48.5 Å². The third kappa shape index (κ3) is 16.5. The van der Waals surface area contributed by atoms with E-state index in [2.05, 4.69) is 24.3 Å². The van der Waals surface area contributed by atoms with Crippen molar-refractivity contribution < 1.29 is 61.8 Å². The van der Waals surface area contributed by atoms with Crippen LogP contribution in [0.3, 0.4) is 0 Å². The molecule has 0 bridgehead atoms. The Kier molecular flexibility index (Phi) is 21.5. The first-order valence-electron chi connectivity index (χ1n) is 18.9. The smallest absolute Gasteiger partial charge is 0.409 e. The van der Waals surface area contributed by atoms with E-state index in [4.69, 9.17) is 47.4 Å². The number of ether oxygens (including phenoxy) is 10. The van der Waals surface area contributed by atoms with Crippen LogP contribution in [0.25, 0.3) is 11.1 Å². The maximum atomic E-state index is 12.6. The highest BCUT2D eigenvalue weighted by Gasteiger charge is 2.29. The summed E-state index contributed by atoms with van der Waals surface area (Å²) in [7, 11) is 1.71. The Hall–Kier alpha value is -3.77. The topological polar surface area (TPSA) is 150 Å². The second kappa shape index (κ2) is 26.9. The number of fused-ring (bicyclic) bond motifs is 3. The van der Waals surface area contributed by atoms with E-state index in [9.17, 15) is 14.4 Å². The van der Waals surface area contributed by atoms with Crippen LogP contribution in [0.15, 0.2) is 60.7 Å². The number of hydrogen-bond acceptors (Lipinski definition) is 13. The highest BCUT2D eigenvalue weighted by Crippen LogP contribution is 2.44. The van der Waals surface area contributed by atoms with E-state index in [1.54, 1.807) is 7.05 Å². The average Bonchev–Trinajstić information content (AvgIpc) is 3.70.